The van der Waals surface area contributed by atoms with Gasteiger partial charge in [0.15, 0.2) is 0 Å². The maximum atomic E-state index is 10.5. The van der Waals surface area contributed by atoms with Gasteiger partial charge in [-0.2, -0.15) is 0 Å². The average Bonchev–Trinajstić information content (AvgIpc) is 1.81. The number of hydrogen-bond acceptors (Lipinski definition) is 3. The molecule has 0 saturated carbocycles. The second-order valence-electron chi connectivity index (χ2n) is 3.70. The van der Waals surface area contributed by atoms with Crippen molar-refractivity contribution in [3.8, 4) is 0 Å². The van der Waals surface area contributed by atoms with Crippen LogP contribution in [-0.2, 0) is 9.53 Å². The Kier molecular flexibility index (Phi) is 4.24. The third kappa shape index (κ3) is 6.16. The standard InChI is InChI=1S/C9H18O3/c1-7(2)5-6-9(4,11)12-8(3)10/h7,11H,5-6H2,1-4H3. The van der Waals surface area contributed by atoms with Crippen LogP contribution in [0.1, 0.15) is 40.5 Å². The molecule has 0 bridgehead atoms. The lowest BCUT2D eigenvalue weighted by molar-refractivity contribution is -0.202. The molecule has 3 heteroatoms. The summed E-state index contributed by atoms with van der Waals surface area (Å²) < 4.78 is 4.70. The van der Waals surface area contributed by atoms with Crippen LogP contribution in [0.3, 0.4) is 0 Å². The zero-order chi connectivity index (χ0) is 9.78. The number of esters is 1. The summed E-state index contributed by atoms with van der Waals surface area (Å²) in [5, 5.41) is 9.49. The van der Waals surface area contributed by atoms with Crippen molar-refractivity contribution in [2.45, 2.75) is 46.3 Å². The maximum Gasteiger partial charge on any atom is 0.305 e. The smallest absolute Gasteiger partial charge is 0.305 e. The summed E-state index contributed by atoms with van der Waals surface area (Å²) >= 11 is 0. The van der Waals surface area contributed by atoms with Gasteiger partial charge < -0.3 is 9.84 Å². The third-order valence-electron chi connectivity index (χ3n) is 1.55. The number of hydrogen-bond donors (Lipinski definition) is 1. The van der Waals surface area contributed by atoms with E-state index in [1.807, 2.05) is 0 Å². The highest BCUT2D eigenvalue weighted by molar-refractivity contribution is 5.66. The summed E-state index contributed by atoms with van der Waals surface area (Å²) in [6, 6.07) is 0. The highest BCUT2D eigenvalue weighted by Gasteiger charge is 2.23. The number of aliphatic hydroxyl groups is 1. The molecule has 0 saturated heterocycles. The van der Waals surface area contributed by atoms with Gasteiger partial charge in [-0.3, -0.25) is 4.79 Å². The van der Waals surface area contributed by atoms with Crippen LogP contribution in [0, 0.1) is 5.92 Å². The van der Waals surface area contributed by atoms with Crippen molar-refractivity contribution < 1.29 is 14.6 Å². The molecule has 0 aliphatic rings. The van der Waals surface area contributed by atoms with Crippen molar-refractivity contribution in [1.82, 2.24) is 0 Å². The van der Waals surface area contributed by atoms with E-state index in [0.29, 0.717) is 12.3 Å². The van der Waals surface area contributed by atoms with Crippen LogP contribution in [-0.4, -0.2) is 16.9 Å². The van der Waals surface area contributed by atoms with Crippen LogP contribution in [0.2, 0.25) is 0 Å². The first-order valence-corrected chi connectivity index (χ1v) is 4.25. The Morgan fingerprint density at radius 1 is 1.58 bits per heavy atom. The lowest BCUT2D eigenvalue weighted by Gasteiger charge is -2.23. The predicted molar refractivity (Wildman–Crippen MR) is 46.5 cm³/mol. The van der Waals surface area contributed by atoms with Crippen LogP contribution in [0.5, 0.6) is 0 Å². The van der Waals surface area contributed by atoms with Crippen molar-refractivity contribution in [3.63, 3.8) is 0 Å². The van der Waals surface area contributed by atoms with E-state index in [1.165, 1.54) is 13.8 Å². The number of carbonyl (C=O) groups is 1. The minimum absolute atomic E-state index is 0.441. The van der Waals surface area contributed by atoms with Gasteiger partial charge in [-0.05, 0) is 12.3 Å². The summed E-state index contributed by atoms with van der Waals surface area (Å²) in [5.41, 5.74) is 0. The van der Waals surface area contributed by atoms with Crippen molar-refractivity contribution in [2.24, 2.45) is 5.92 Å². The molecular weight excluding hydrogens is 156 g/mol. The zero-order valence-electron chi connectivity index (χ0n) is 8.26. The van der Waals surface area contributed by atoms with E-state index in [2.05, 4.69) is 13.8 Å². The molecule has 0 aromatic carbocycles. The Labute approximate surface area is 73.7 Å². The molecule has 12 heavy (non-hydrogen) atoms. The maximum absolute atomic E-state index is 10.5. The lowest BCUT2D eigenvalue weighted by atomic mass is 10.0. The largest absolute Gasteiger partial charge is 0.434 e. The fourth-order valence-corrected chi connectivity index (χ4v) is 0.917. The number of carbonyl (C=O) groups excluding carboxylic acids is 1. The lowest BCUT2D eigenvalue weighted by Crippen LogP contribution is -2.30. The fourth-order valence-electron chi connectivity index (χ4n) is 0.917. The van der Waals surface area contributed by atoms with Gasteiger partial charge in [0.2, 0.25) is 5.79 Å². The molecule has 0 aliphatic heterocycles. The summed E-state index contributed by atoms with van der Waals surface area (Å²) in [7, 11) is 0. The quantitative estimate of drug-likeness (QED) is 0.521. The predicted octanol–water partition coefficient (Wildman–Crippen LogP) is 1.69. The molecule has 1 atom stereocenters. The molecule has 0 radical (unpaired) electrons. The molecule has 1 N–H and O–H groups in total. The SMILES string of the molecule is CC(=O)OC(C)(O)CCC(C)C. The van der Waals surface area contributed by atoms with Crippen molar-refractivity contribution in [1.29, 1.82) is 0 Å². The van der Waals surface area contributed by atoms with Crippen LogP contribution in [0.25, 0.3) is 0 Å². The van der Waals surface area contributed by atoms with E-state index < -0.39 is 11.8 Å². The molecule has 0 aromatic rings. The van der Waals surface area contributed by atoms with E-state index in [4.69, 9.17) is 4.74 Å². The summed E-state index contributed by atoms with van der Waals surface area (Å²) in [6.45, 7) is 6.92. The van der Waals surface area contributed by atoms with Crippen LogP contribution in [0.15, 0.2) is 0 Å². The van der Waals surface area contributed by atoms with Crippen LogP contribution >= 0.6 is 0 Å². The topological polar surface area (TPSA) is 46.5 Å². The monoisotopic (exact) mass is 174 g/mol. The van der Waals surface area contributed by atoms with Gasteiger partial charge in [0, 0.05) is 20.3 Å². The first-order valence-electron chi connectivity index (χ1n) is 4.25. The highest BCUT2D eigenvalue weighted by atomic mass is 16.7. The number of rotatable bonds is 4. The fraction of sp³-hybridized carbons (Fsp3) is 0.889. The van der Waals surface area contributed by atoms with Gasteiger partial charge >= 0.3 is 5.97 Å². The average molecular weight is 174 g/mol. The number of ether oxygens (including phenoxy) is 1. The normalized spacial score (nSPS) is 15.8. The van der Waals surface area contributed by atoms with Gasteiger partial charge in [-0.1, -0.05) is 13.8 Å². The van der Waals surface area contributed by atoms with E-state index in [-0.39, 0.29) is 0 Å². The summed E-state index contributed by atoms with van der Waals surface area (Å²) in [6.07, 6.45) is 1.34. The third-order valence-corrected chi connectivity index (χ3v) is 1.55. The van der Waals surface area contributed by atoms with Crippen molar-refractivity contribution in [2.75, 3.05) is 0 Å². The van der Waals surface area contributed by atoms with Crippen molar-refractivity contribution in [3.05, 3.63) is 0 Å². The molecular formula is C9H18O3. The van der Waals surface area contributed by atoms with E-state index in [0.717, 1.165) is 6.42 Å². The van der Waals surface area contributed by atoms with E-state index in [1.54, 1.807) is 0 Å². The molecule has 3 nitrogen and oxygen atoms in total. The summed E-state index contributed by atoms with van der Waals surface area (Å²) in [4.78, 5) is 10.5. The molecule has 1 unspecified atom stereocenters. The zero-order valence-corrected chi connectivity index (χ0v) is 8.26. The summed E-state index contributed by atoms with van der Waals surface area (Å²) in [5.74, 6) is -1.23. The Bertz CT molecular complexity index is 150. The Morgan fingerprint density at radius 3 is 2.42 bits per heavy atom. The van der Waals surface area contributed by atoms with Gasteiger partial charge in [-0.25, -0.2) is 0 Å². The van der Waals surface area contributed by atoms with Gasteiger partial charge in [0.25, 0.3) is 0 Å². The van der Waals surface area contributed by atoms with Gasteiger partial charge in [-0.15, -0.1) is 0 Å². The second-order valence-corrected chi connectivity index (χ2v) is 3.70. The molecule has 0 amide bonds. The molecule has 72 valence electrons. The van der Waals surface area contributed by atoms with E-state index >= 15 is 0 Å². The Balaban J connectivity index is 3.78. The first kappa shape index (κ1) is 11.4. The molecule has 0 aromatic heterocycles. The molecule has 0 fully saturated rings. The Hall–Kier alpha value is -0.570. The minimum Gasteiger partial charge on any atom is -0.434 e. The molecule has 0 rings (SSSR count). The highest BCUT2D eigenvalue weighted by Crippen LogP contribution is 2.17. The minimum atomic E-state index is -1.30. The van der Waals surface area contributed by atoms with Crippen molar-refractivity contribution >= 4 is 5.97 Å². The molecule has 0 spiro atoms. The first-order chi connectivity index (χ1) is 5.33. The molecule has 0 aliphatic carbocycles. The van der Waals surface area contributed by atoms with Gasteiger partial charge in [0.05, 0.1) is 0 Å². The van der Waals surface area contributed by atoms with E-state index in [9.17, 15) is 9.90 Å². The van der Waals surface area contributed by atoms with Crippen LogP contribution < -0.4 is 0 Å². The second kappa shape index (κ2) is 4.45. The Morgan fingerprint density at radius 2 is 2.08 bits per heavy atom. The van der Waals surface area contributed by atoms with Gasteiger partial charge in [0.1, 0.15) is 0 Å². The van der Waals surface area contributed by atoms with Crippen LogP contribution in [0.4, 0.5) is 0 Å². The molecule has 0 heterocycles.